The lowest BCUT2D eigenvalue weighted by atomic mass is 10.0. The molecule has 0 radical (unpaired) electrons. The summed E-state index contributed by atoms with van der Waals surface area (Å²) in [6.45, 7) is 1.41. The second kappa shape index (κ2) is 15.8. The Morgan fingerprint density at radius 2 is 1.46 bits per heavy atom. The maximum absolute atomic E-state index is 14.7. The fraction of sp³-hybridized carbons (Fsp3) is 0.316. The molecular formula is C38H43N3O6S. The van der Waals surface area contributed by atoms with Gasteiger partial charge < -0.3 is 19.7 Å². The van der Waals surface area contributed by atoms with Crippen molar-refractivity contribution in [2.75, 3.05) is 25.1 Å². The summed E-state index contributed by atoms with van der Waals surface area (Å²) in [7, 11) is -1.11. The first-order valence-electron chi connectivity index (χ1n) is 16.2. The molecular weight excluding hydrogens is 627 g/mol. The van der Waals surface area contributed by atoms with Crippen molar-refractivity contribution in [2.45, 2.75) is 62.6 Å². The monoisotopic (exact) mass is 669 g/mol. The van der Waals surface area contributed by atoms with Gasteiger partial charge in [0.1, 0.15) is 24.1 Å². The van der Waals surface area contributed by atoms with Gasteiger partial charge in [-0.1, -0.05) is 73.0 Å². The number of benzene rings is 4. The van der Waals surface area contributed by atoms with E-state index >= 15 is 0 Å². The molecule has 1 atom stereocenters. The number of aryl methyl sites for hydroxylation is 1. The first kappa shape index (κ1) is 34.5. The third-order valence-corrected chi connectivity index (χ3v) is 10.5. The number of anilines is 1. The van der Waals surface area contributed by atoms with Crippen LogP contribution in [0.1, 0.15) is 42.4 Å². The van der Waals surface area contributed by atoms with Crippen molar-refractivity contribution in [1.82, 2.24) is 10.2 Å². The number of carbonyl (C=O) groups excluding carboxylic acids is 2. The van der Waals surface area contributed by atoms with E-state index in [0.29, 0.717) is 17.2 Å². The van der Waals surface area contributed by atoms with E-state index in [9.17, 15) is 18.0 Å². The molecule has 5 rings (SSSR count). The number of ether oxygens (including phenoxy) is 2. The normalized spacial score (nSPS) is 13.8. The summed E-state index contributed by atoms with van der Waals surface area (Å²) >= 11 is 0. The molecule has 4 aromatic rings. The molecule has 0 aliphatic heterocycles. The zero-order valence-electron chi connectivity index (χ0n) is 27.7. The fourth-order valence-corrected chi connectivity index (χ4v) is 7.42. The maximum Gasteiger partial charge on any atom is 0.264 e. The number of rotatable bonds is 14. The molecule has 0 saturated heterocycles. The highest BCUT2D eigenvalue weighted by Crippen LogP contribution is 2.28. The molecule has 1 fully saturated rings. The van der Waals surface area contributed by atoms with Crippen LogP contribution in [0.3, 0.4) is 0 Å². The zero-order chi connectivity index (χ0) is 34.1. The van der Waals surface area contributed by atoms with Gasteiger partial charge in [-0.25, -0.2) is 8.42 Å². The molecule has 10 heteroatoms. The zero-order valence-corrected chi connectivity index (χ0v) is 28.5. The van der Waals surface area contributed by atoms with Gasteiger partial charge in [0, 0.05) is 19.0 Å². The molecule has 1 aliphatic carbocycles. The highest BCUT2D eigenvalue weighted by Gasteiger charge is 2.35. The number of hydrogen-bond donors (Lipinski definition) is 1. The number of amides is 2. The third kappa shape index (κ3) is 8.55. The smallest absolute Gasteiger partial charge is 0.264 e. The summed E-state index contributed by atoms with van der Waals surface area (Å²) in [4.78, 5) is 30.4. The largest absolute Gasteiger partial charge is 0.497 e. The highest BCUT2D eigenvalue weighted by atomic mass is 32.2. The van der Waals surface area contributed by atoms with Gasteiger partial charge in [0.05, 0.1) is 24.8 Å². The Balaban J connectivity index is 1.57. The summed E-state index contributed by atoms with van der Waals surface area (Å²) in [6, 6.07) is 29.0. The van der Waals surface area contributed by atoms with Crippen LogP contribution < -0.4 is 19.1 Å². The molecule has 1 unspecified atom stereocenters. The fourth-order valence-electron chi connectivity index (χ4n) is 6.00. The lowest BCUT2D eigenvalue weighted by Crippen LogP contribution is -2.54. The van der Waals surface area contributed by atoms with Crippen molar-refractivity contribution in [3.63, 3.8) is 0 Å². The molecule has 4 aromatic carbocycles. The maximum atomic E-state index is 14.7. The SMILES string of the molecule is COc1ccc(N(CC(=O)N(Cc2cccc(OC)c2)C(Cc2ccccc2)C(=O)NC2CCCC2)S(=O)(=O)c2ccc(C)cc2)cc1. The topological polar surface area (TPSA) is 105 Å². The van der Waals surface area contributed by atoms with Crippen LogP contribution in [0.15, 0.2) is 108 Å². The van der Waals surface area contributed by atoms with Crippen LogP contribution in [0.25, 0.3) is 0 Å². The summed E-state index contributed by atoms with van der Waals surface area (Å²) in [6.07, 6.45) is 4.09. The van der Waals surface area contributed by atoms with Crippen LogP contribution in [0.2, 0.25) is 0 Å². The lowest BCUT2D eigenvalue weighted by molar-refractivity contribution is -0.140. The minimum absolute atomic E-state index is 0.0299. The van der Waals surface area contributed by atoms with Gasteiger partial charge in [-0.3, -0.25) is 13.9 Å². The van der Waals surface area contributed by atoms with Crippen LogP contribution in [0, 0.1) is 6.92 Å². The first-order valence-corrected chi connectivity index (χ1v) is 17.6. The Morgan fingerprint density at radius 3 is 2.10 bits per heavy atom. The van der Waals surface area contributed by atoms with Gasteiger partial charge in [0.15, 0.2) is 0 Å². The molecule has 1 N–H and O–H groups in total. The van der Waals surface area contributed by atoms with Gasteiger partial charge in [-0.15, -0.1) is 0 Å². The number of sulfonamides is 1. The third-order valence-electron chi connectivity index (χ3n) is 8.71. The van der Waals surface area contributed by atoms with Crippen LogP contribution in [-0.2, 0) is 32.6 Å². The first-order chi connectivity index (χ1) is 23.2. The molecule has 2 amide bonds. The molecule has 9 nitrogen and oxygen atoms in total. The van der Waals surface area contributed by atoms with E-state index in [1.807, 2.05) is 61.5 Å². The number of nitrogens with one attached hydrogen (secondary N) is 1. The standard InChI is InChI=1S/C38H43N3O6S/c1-28-16-22-35(23-17-28)48(44,45)41(32-18-20-33(46-2)21-19-32)27-37(42)40(26-30-12-9-15-34(24-30)47-3)36(25-29-10-5-4-6-11-29)38(43)39-31-13-7-8-14-31/h4-6,9-12,15-24,31,36H,7-8,13-14,25-27H2,1-3H3,(H,39,43). The average molecular weight is 670 g/mol. The predicted octanol–water partition coefficient (Wildman–Crippen LogP) is 5.91. The van der Waals surface area contributed by atoms with Crippen molar-refractivity contribution in [3.05, 3.63) is 120 Å². The van der Waals surface area contributed by atoms with Crippen molar-refractivity contribution in [3.8, 4) is 11.5 Å². The minimum atomic E-state index is -4.20. The van der Waals surface area contributed by atoms with E-state index in [0.717, 1.165) is 46.7 Å². The minimum Gasteiger partial charge on any atom is -0.497 e. The van der Waals surface area contributed by atoms with E-state index in [2.05, 4.69) is 5.32 Å². The van der Waals surface area contributed by atoms with Crippen molar-refractivity contribution < 1.29 is 27.5 Å². The molecule has 0 aromatic heterocycles. The van der Waals surface area contributed by atoms with Crippen LogP contribution >= 0.6 is 0 Å². The molecule has 0 bridgehead atoms. The molecule has 1 aliphatic rings. The molecule has 252 valence electrons. The quantitative estimate of drug-likeness (QED) is 0.179. The number of methoxy groups -OCH3 is 2. The van der Waals surface area contributed by atoms with Crippen LogP contribution in [0.5, 0.6) is 11.5 Å². The Hall–Kier alpha value is -4.83. The number of nitrogens with zero attached hydrogens (tertiary/aromatic N) is 2. The summed E-state index contributed by atoms with van der Waals surface area (Å²) < 4.78 is 40.4. The summed E-state index contributed by atoms with van der Waals surface area (Å²) in [5, 5.41) is 3.20. The summed E-state index contributed by atoms with van der Waals surface area (Å²) in [5.74, 6) is 0.367. The molecule has 0 spiro atoms. The highest BCUT2D eigenvalue weighted by molar-refractivity contribution is 7.92. The predicted molar refractivity (Wildman–Crippen MR) is 187 cm³/mol. The Kier molecular flexibility index (Phi) is 11.4. The Morgan fingerprint density at radius 1 is 0.812 bits per heavy atom. The average Bonchev–Trinajstić information content (AvgIpc) is 3.62. The van der Waals surface area contributed by atoms with Gasteiger partial charge in [-0.05, 0) is 79.4 Å². The van der Waals surface area contributed by atoms with E-state index in [4.69, 9.17) is 9.47 Å². The van der Waals surface area contributed by atoms with Crippen LogP contribution in [-0.4, -0.2) is 58.0 Å². The van der Waals surface area contributed by atoms with Crippen LogP contribution in [0.4, 0.5) is 5.69 Å². The van der Waals surface area contributed by atoms with Gasteiger partial charge in [0.2, 0.25) is 11.8 Å². The second-order valence-electron chi connectivity index (χ2n) is 12.1. The van der Waals surface area contributed by atoms with Crippen molar-refractivity contribution >= 4 is 27.5 Å². The van der Waals surface area contributed by atoms with Gasteiger partial charge in [0.25, 0.3) is 10.0 Å². The lowest BCUT2D eigenvalue weighted by Gasteiger charge is -2.34. The second-order valence-corrected chi connectivity index (χ2v) is 14.0. The van der Waals surface area contributed by atoms with E-state index < -0.39 is 28.5 Å². The number of carbonyl (C=O) groups is 2. The Bertz CT molecular complexity index is 1770. The number of hydrogen-bond acceptors (Lipinski definition) is 6. The molecule has 1 saturated carbocycles. The van der Waals surface area contributed by atoms with Crippen molar-refractivity contribution in [2.24, 2.45) is 0 Å². The molecule has 0 heterocycles. The molecule has 48 heavy (non-hydrogen) atoms. The van der Waals surface area contributed by atoms with E-state index in [1.54, 1.807) is 43.5 Å². The van der Waals surface area contributed by atoms with E-state index in [-0.39, 0.29) is 29.8 Å². The Labute approximate surface area is 283 Å². The van der Waals surface area contributed by atoms with Gasteiger partial charge in [-0.2, -0.15) is 0 Å². The van der Waals surface area contributed by atoms with E-state index in [1.165, 1.54) is 24.1 Å². The summed E-state index contributed by atoms with van der Waals surface area (Å²) in [5.41, 5.74) is 2.82. The van der Waals surface area contributed by atoms with Crippen molar-refractivity contribution in [1.29, 1.82) is 0 Å². The van der Waals surface area contributed by atoms with Gasteiger partial charge >= 0.3 is 0 Å².